The van der Waals surface area contributed by atoms with Crippen LogP contribution in [0.5, 0.6) is 0 Å². The Balaban J connectivity index is 2.41. The fourth-order valence-electron chi connectivity index (χ4n) is 1.54. The van der Waals surface area contributed by atoms with Gasteiger partial charge in [0.2, 0.25) is 5.89 Å². The maximum Gasteiger partial charge on any atom is 0.360 e. The van der Waals surface area contributed by atoms with Crippen molar-refractivity contribution in [2.24, 2.45) is 0 Å². The van der Waals surface area contributed by atoms with Gasteiger partial charge in [-0.05, 0) is 41.9 Å². The van der Waals surface area contributed by atoms with Gasteiger partial charge in [-0.25, -0.2) is 9.78 Å². The molecule has 0 aliphatic rings. The second-order valence-electron chi connectivity index (χ2n) is 3.62. The van der Waals surface area contributed by atoms with Gasteiger partial charge in [0.1, 0.15) is 5.76 Å². The Bertz CT molecular complexity index is 577. The molecule has 5 heteroatoms. The molecule has 94 valence electrons. The third-order valence-electron chi connectivity index (χ3n) is 2.37. The van der Waals surface area contributed by atoms with Crippen LogP contribution in [0.15, 0.2) is 33.2 Å². The number of rotatable bonds is 3. The average Bonchev–Trinajstić information content (AvgIpc) is 2.72. The van der Waals surface area contributed by atoms with E-state index in [9.17, 15) is 4.79 Å². The third kappa shape index (κ3) is 2.46. The molecule has 2 aromatic rings. The summed E-state index contributed by atoms with van der Waals surface area (Å²) in [5.74, 6) is 0.402. The first-order chi connectivity index (χ1) is 8.63. The van der Waals surface area contributed by atoms with Gasteiger partial charge < -0.3 is 9.15 Å². The SMILES string of the molecule is CCOC(=O)c1nc(-c2ccccc2Br)oc1C. The molecule has 0 unspecified atom stereocenters. The molecule has 0 N–H and O–H groups in total. The fourth-order valence-corrected chi connectivity index (χ4v) is 1.99. The summed E-state index contributed by atoms with van der Waals surface area (Å²) >= 11 is 3.42. The number of ether oxygens (including phenoxy) is 1. The smallest absolute Gasteiger partial charge is 0.360 e. The highest BCUT2D eigenvalue weighted by Crippen LogP contribution is 2.28. The number of esters is 1. The van der Waals surface area contributed by atoms with Crippen LogP contribution < -0.4 is 0 Å². The lowest BCUT2D eigenvalue weighted by Crippen LogP contribution is -2.06. The number of aryl methyl sites for hydroxylation is 1. The second kappa shape index (κ2) is 5.35. The molecular formula is C13H12BrNO3. The van der Waals surface area contributed by atoms with Gasteiger partial charge in [0.25, 0.3) is 0 Å². The van der Waals surface area contributed by atoms with E-state index >= 15 is 0 Å². The van der Waals surface area contributed by atoms with E-state index in [-0.39, 0.29) is 5.69 Å². The predicted octanol–water partition coefficient (Wildman–Crippen LogP) is 3.59. The topological polar surface area (TPSA) is 52.3 Å². The lowest BCUT2D eigenvalue weighted by atomic mass is 10.2. The monoisotopic (exact) mass is 309 g/mol. The van der Waals surface area contributed by atoms with Crippen LogP contribution in [0.1, 0.15) is 23.2 Å². The minimum atomic E-state index is -0.461. The highest BCUT2D eigenvalue weighted by molar-refractivity contribution is 9.10. The highest BCUT2D eigenvalue weighted by atomic mass is 79.9. The molecule has 1 heterocycles. The van der Waals surface area contributed by atoms with Crippen molar-refractivity contribution in [1.82, 2.24) is 4.98 Å². The van der Waals surface area contributed by atoms with Crippen molar-refractivity contribution in [3.8, 4) is 11.5 Å². The Morgan fingerprint density at radius 1 is 1.44 bits per heavy atom. The van der Waals surface area contributed by atoms with Crippen molar-refractivity contribution in [1.29, 1.82) is 0 Å². The first-order valence-electron chi connectivity index (χ1n) is 5.53. The molecule has 0 saturated heterocycles. The van der Waals surface area contributed by atoms with Crippen LogP contribution in [0, 0.1) is 6.92 Å². The fraction of sp³-hybridized carbons (Fsp3) is 0.231. The van der Waals surface area contributed by atoms with Crippen LogP contribution in [0.2, 0.25) is 0 Å². The minimum absolute atomic E-state index is 0.225. The van der Waals surface area contributed by atoms with E-state index in [1.54, 1.807) is 13.8 Å². The number of oxazole rings is 1. The van der Waals surface area contributed by atoms with Gasteiger partial charge in [0.15, 0.2) is 5.69 Å². The van der Waals surface area contributed by atoms with Crippen LogP contribution in [0.3, 0.4) is 0 Å². The molecule has 0 amide bonds. The first-order valence-corrected chi connectivity index (χ1v) is 6.32. The number of carbonyl (C=O) groups excluding carboxylic acids is 1. The molecule has 0 saturated carbocycles. The number of hydrogen-bond donors (Lipinski definition) is 0. The summed E-state index contributed by atoms with van der Waals surface area (Å²) in [5, 5.41) is 0. The van der Waals surface area contributed by atoms with Crippen LogP contribution in [-0.4, -0.2) is 17.6 Å². The van der Waals surface area contributed by atoms with E-state index in [0.717, 1.165) is 10.0 Å². The first kappa shape index (κ1) is 12.8. The number of hydrogen-bond acceptors (Lipinski definition) is 4. The molecule has 2 rings (SSSR count). The van der Waals surface area contributed by atoms with Crippen LogP contribution in [0.4, 0.5) is 0 Å². The minimum Gasteiger partial charge on any atom is -0.461 e. The molecule has 18 heavy (non-hydrogen) atoms. The zero-order chi connectivity index (χ0) is 13.1. The molecule has 0 atom stereocenters. The van der Waals surface area contributed by atoms with Crippen molar-refractivity contribution >= 4 is 21.9 Å². The van der Waals surface area contributed by atoms with Gasteiger partial charge in [-0.1, -0.05) is 12.1 Å². The van der Waals surface area contributed by atoms with Gasteiger partial charge in [-0.2, -0.15) is 0 Å². The summed E-state index contributed by atoms with van der Waals surface area (Å²) in [6.45, 7) is 3.76. The number of halogens is 1. The molecule has 0 bridgehead atoms. The zero-order valence-electron chi connectivity index (χ0n) is 10.1. The number of carbonyl (C=O) groups is 1. The number of aromatic nitrogens is 1. The largest absolute Gasteiger partial charge is 0.461 e. The summed E-state index contributed by atoms with van der Waals surface area (Å²) in [5.41, 5.74) is 1.03. The Kier molecular flexibility index (Phi) is 3.81. The zero-order valence-corrected chi connectivity index (χ0v) is 11.7. The third-order valence-corrected chi connectivity index (χ3v) is 3.06. The van der Waals surface area contributed by atoms with Crippen LogP contribution in [0.25, 0.3) is 11.5 Å². The maximum atomic E-state index is 11.6. The van der Waals surface area contributed by atoms with Crippen molar-refractivity contribution in [2.45, 2.75) is 13.8 Å². The molecular weight excluding hydrogens is 298 g/mol. The Hall–Kier alpha value is -1.62. The van der Waals surface area contributed by atoms with Gasteiger partial charge in [-0.3, -0.25) is 0 Å². The highest BCUT2D eigenvalue weighted by Gasteiger charge is 2.19. The van der Waals surface area contributed by atoms with E-state index in [4.69, 9.17) is 9.15 Å². The summed E-state index contributed by atoms with van der Waals surface area (Å²) in [7, 11) is 0. The van der Waals surface area contributed by atoms with Crippen molar-refractivity contribution in [3.63, 3.8) is 0 Å². The lowest BCUT2D eigenvalue weighted by Gasteiger charge is -1.97. The van der Waals surface area contributed by atoms with E-state index < -0.39 is 5.97 Å². The number of nitrogens with zero attached hydrogens (tertiary/aromatic N) is 1. The van der Waals surface area contributed by atoms with E-state index in [1.165, 1.54) is 0 Å². The van der Waals surface area contributed by atoms with Crippen molar-refractivity contribution in [2.75, 3.05) is 6.61 Å². The summed E-state index contributed by atoms with van der Waals surface area (Å²) in [4.78, 5) is 15.8. The lowest BCUT2D eigenvalue weighted by molar-refractivity contribution is 0.0518. The predicted molar refractivity (Wildman–Crippen MR) is 70.3 cm³/mol. The summed E-state index contributed by atoms with van der Waals surface area (Å²) in [6.07, 6.45) is 0. The summed E-state index contributed by atoms with van der Waals surface area (Å²) in [6, 6.07) is 7.53. The Morgan fingerprint density at radius 2 is 2.17 bits per heavy atom. The normalized spacial score (nSPS) is 10.4. The molecule has 1 aromatic carbocycles. The van der Waals surface area contributed by atoms with Crippen LogP contribution in [-0.2, 0) is 4.74 Å². The van der Waals surface area contributed by atoms with Crippen molar-refractivity contribution in [3.05, 3.63) is 40.2 Å². The van der Waals surface area contributed by atoms with E-state index in [2.05, 4.69) is 20.9 Å². The quantitative estimate of drug-likeness (QED) is 0.813. The molecule has 0 spiro atoms. The van der Waals surface area contributed by atoms with Gasteiger partial charge in [0.05, 0.1) is 12.2 Å². The Morgan fingerprint density at radius 3 is 2.83 bits per heavy atom. The maximum absolute atomic E-state index is 11.6. The van der Waals surface area contributed by atoms with Gasteiger partial charge in [0, 0.05) is 4.47 Å². The molecule has 1 aromatic heterocycles. The Labute approximate surface area is 113 Å². The van der Waals surface area contributed by atoms with E-state index in [1.807, 2.05) is 24.3 Å². The molecule has 0 fully saturated rings. The standard InChI is InChI=1S/C13H12BrNO3/c1-3-17-13(16)11-8(2)18-12(15-11)9-6-4-5-7-10(9)14/h4-7H,3H2,1-2H3. The van der Waals surface area contributed by atoms with Crippen molar-refractivity contribution < 1.29 is 13.9 Å². The van der Waals surface area contributed by atoms with Gasteiger partial charge >= 0.3 is 5.97 Å². The molecule has 0 radical (unpaired) electrons. The second-order valence-corrected chi connectivity index (χ2v) is 4.48. The van der Waals surface area contributed by atoms with Crippen LogP contribution >= 0.6 is 15.9 Å². The van der Waals surface area contributed by atoms with Gasteiger partial charge in [-0.15, -0.1) is 0 Å². The summed E-state index contributed by atoms with van der Waals surface area (Å²) < 4.78 is 11.3. The molecule has 0 aliphatic carbocycles. The molecule has 0 aliphatic heterocycles. The average molecular weight is 310 g/mol. The molecule has 4 nitrogen and oxygen atoms in total. The number of benzene rings is 1. The van der Waals surface area contributed by atoms with E-state index in [0.29, 0.717) is 18.3 Å².